The van der Waals surface area contributed by atoms with E-state index < -0.39 is 9.84 Å². The van der Waals surface area contributed by atoms with Crippen molar-refractivity contribution in [3.05, 3.63) is 29.5 Å². The van der Waals surface area contributed by atoms with Crippen LogP contribution in [0.25, 0.3) is 10.9 Å². The van der Waals surface area contributed by atoms with Crippen molar-refractivity contribution in [2.24, 2.45) is 10.9 Å². The summed E-state index contributed by atoms with van der Waals surface area (Å²) in [6.07, 6.45) is 2.00. The van der Waals surface area contributed by atoms with E-state index in [0.29, 0.717) is 17.2 Å². The van der Waals surface area contributed by atoms with E-state index in [1.165, 1.54) is 6.26 Å². The van der Waals surface area contributed by atoms with Crippen LogP contribution >= 0.6 is 0 Å². The molecule has 0 radical (unpaired) electrons. The van der Waals surface area contributed by atoms with Crippen LogP contribution in [0, 0.1) is 5.92 Å². The number of hydrogen-bond donors (Lipinski definition) is 0. The van der Waals surface area contributed by atoms with Gasteiger partial charge in [0.2, 0.25) is 0 Å². The zero-order chi connectivity index (χ0) is 16.1. The summed E-state index contributed by atoms with van der Waals surface area (Å²) in [5.74, 6) is 0.364. The Morgan fingerprint density at radius 2 is 2.00 bits per heavy atom. The first-order valence-electron chi connectivity index (χ1n) is 7.74. The quantitative estimate of drug-likeness (QED) is 0.873. The predicted molar refractivity (Wildman–Crippen MR) is 90.7 cm³/mol. The molecule has 0 amide bonds. The Morgan fingerprint density at radius 1 is 1.27 bits per heavy atom. The molecule has 0 saturated heterocycles. The van der Waals surface area contributed by atoms with Gasteiger partial charge in [-0.3, -0.25) is 4.99 Å². The maximum absolute atomic E-state index is 12.1. The van der Waals surface area contributed by atoms with Crippen LogP contribution < -0.4 is 0 Å². The Bertz CT molecular complexity index is 874. The molecule has 0 saturated carbocycles. The fraction of sp³-hybridized carbons (Fsp3) is 0.471. The molecule has 1 aliphatic rings. The number of nitrogens with zero attached hydrogens (tertiary/aromatic N) is 2. The molecule has 5 heteroatoms. The summed E-state index contributed by atoms with van der Waals surface area (Å²) in [6.45, 7) is 7.85. The van der Waals surface area contributed by atoms with Crippen molar-refractivity contribution in [2.75, 3.05) is 12.8 Å². The van der Waals surface area contributed by atoms with Crippen LogP contribution in [0.5, 0.6) is 0 Å². The van der Waals surface area contributed by atoms with Crippen LogP contribution in [-0.2, 0) is 22.8 Å². The Labute approximate surface area is 131 Å². The molecule has 1 aromatic heterocycles. The van der Waals surface area contributed by atoms with Gasteiger partial charge in [-0.05, 0) is 36.1 Å². The number of aliphatic imine (C=N–C) groups is 1. The molecule has 4 nitrogen and oxygen atoms in total. The molecule has 2 aromatic rings. The highest BCUT2D eigenvalue weighted by Gasteiger charge is 2.22. The molecule has 0 fully saturated rings. The topological polar surface area (TPSA) is 51.4 Å². The van der Waals surface area contributed by atoms with E-state index >= 15 is 0 Å². The van der Waals surface area contributed by atoms with E-state index in [1.807, 2.05) is 19.1 Å². The summed E-state index contributed by atoms with van der Waals surface area (Å²) in [5, 5.41) is 1.11. The first-order chi connectivity index (χ1) is 10.3. The second kappa shape index (κ2) is 5.23. The minimum atomic E-state index is -3.21. The normalized spacial score (nSPS) is 15.2. The highest BCUT2D eigenvalue weighted by atomic mass is 32.2. The summed E-state index contributed by atoms with van der Waals surface area (Å²) < 4.78 is 26.4. The third-order valence-corrected chi connectivity index (χ3v) is 5.46. The van der Waals surface area contributed by atoms with Crippen LogP contribution in [0.3, 0.4) is 0 Å². The van der Waals surface area contributed by atoms with Gasteiger partial charge in [0, 0.05) is 23.7 Å². The van der Waals surface area contributed by atoms with Crippen molar-refractivity contribution in [1.82, 2.24) is 4.57 Å². The van der Waals surface area contributed by atoms with Crippen LogP contribution in [-0.4, -0.2) is 31.5 Å². The highest BCUT2D eigenvalue weighted by Crippen LogP contribution is 2.30. The van der Waals surface area contributed by atoms with E-state index in [2.05, 4.69) is 29.5 Å². The molecule has 3 rings (SSSR count). The molecule has 0 N–H and O–H groups in total. The van der Waals surface area contributed by atoms with Gasteiger partial charge < -0.3 is 4.57 Å². The average molecular weight is 318 g/mol. The largest absolute Gasteiger partial charge is 0.338 e. The summed E-state index contributed by atoms with van der Waals surface area (Å²) in [7, 11) is -3.21. The number of sulfone groups is 1. The van der Waals surface area contributed by atoms with Crippen molar-refractivity contribution in [3.8, 4) is 0 Å². The lowest BCUT2D eigenvalue weighted by Crippen LogP contribution is -2.21. The lowest BCUT2D eigenvalue weighted by Gasteiger charge is -2.19. The zero-order valence-corrected chi connectivity index (χ0v) is 14.4. The molecular formula is C17H22N2O2S. The lowest BCUT2D eigenvalue weighted by atomic mass is 10.0. The number of aromatic nitrogens is 1. The summed E-state index contributed by atoms with van der Waals surface area (Å²) in [4.78, 5) is 5.11. The molecular weight excluding hydrogens is 296 g/mol. The third-order valence-electron chi connectivity index (χ3n) is 4.28. The van der Waals surface area contributed by atoms with E-state index in [-0.39, 0.29) is 0 Å². The van der Waals surface area contributed by atoms with Crippen molar-refractivity contribution < 1.29 is 8.42 Å². The van der Waals surface area contributed by atoms with E-state index in [0.717, 1.165) is 41.0 Å². The third kappa shape index (κ3) is 2.37. The van der Waals surface area contributed by atoms with E-state index in [9.17, 15) is 8.42 Å². The van der Waals surface area contributed by atoms with Crippen molar-refractivity contribution in [3.63, 3.8) is 0 Å². The van der Waals surface area contributed by atoms with Gasteiger partial charge in [0.05, 0.1) is 22.8 Å². The minimum absolute atomic E-state index is 0.364. The summed E-state index contributed by atoms with van der Waals surface area (Å²) in [5.41, 5.74) is 4.13. The maximum Gasteiger partial charge on any atom is 0.175 e. The highest BCUT2D eigenvalue weighted by molar-refractivity contribution is 7.90. The van der Waals surface area contributed by atoms with Gasteiger partial charge in [0.1, 0.15) is 0 Å². The van der Waals surface area contributed by atoms with E-state index in [1.54, 1.807) is 0 Å². The van der Waals surface area contributed by atoms with Gasteiger partial charge in [-0.15, -0.1) is 0 Å². The second-order valence-electron chi connectivity index (χ2n) is 6.25. The fourth-order valence-electron chi connectivity index (χ4n) is 3.24. The smallest absolute Gasteiger partial charge is 0.175 e. The van der Waals surface area contributed by atoms with Crippen LogP contribution in [0.15, 0.2) is 28.1 Å². The number of rotatable bonds is 3. The SMILES string of the molecule is CCc1cc2cc3n(c2cc1S(C)(=O)=O)CCN=C3C(C)C. The van der Waals surface area contributed by atoms with Gasteiger partial charge in [-0.25, -0.2) is 8.42 Å². The van der Waals surface area contributed by atoms with Gasteiger partial charge in [-0.2, -0.15) is 0 Å². The van der Waals surface area contributed by atoms with Crippen molar-refractivity contribution >= 4 is 26.5 Å². The standard InChI is InChI=1S/C17H22N2O2S/c1-5-12-8-13-9-15-17(11(2)3)18-6-7-19(15)14(13)10-16(12)22(4,20)21/h8-11H,5-7H2,1-4H3. The minimum Gasteiger partial charge on any atom is -0.338 e. The van der Waals surface area contributed by atoms with Crippen LogP contribution in [0.4, 0.5) is 0 Å². The van der Waals surface area contributed by atoms with Gasteiger partial charge in [-0.1, -0.05) is 20.8 Å². The summed E-state index contributed by atoms with van der Waals surface area (Å²) in [6, 6.07) is 6.02. The molecule has 0 bridgehead atoms. The Kier molecular flexibility index (Phi) is 3.63. The van der Waals surface area contributed by atoms with Gasteiger partial charge in [0.25, 0.3) is 0 Å². The zero-order valence-electron chi connectivity index (χ0n) is 13.5. The lowest BCUT2D eigenvalue weighted by molar-refractivity contribution is 0.601. The van der Waals surface area contributed by atoms with Crippen LogP contribution in [0.2, 0.25) is 0 Å². The molecule has 118 valence electrons. The van der Waals surface area contributed by atoms with Crippen molar-refractivity contribution in [2.45, 2.75) is 38.6 Å². The molecule has 0 aliphatic carbocycles. The first kappa shape index (κ1) is 15.3. The van der Waals surface area contributed by atoms with Gasteiger partial charge >= 0.3 is 0 Å². The second-order valence-corrected chi connectivity index (χ2v) is 8.23. The Morgan fingerprint density at radius 3 is 2.59 bits per heavy atom. The maximum atomic E-state index is 12.1. The molecule has 0 unspecified atom stereocenters. The first-order valence-corrected chi connectivity index (χ1v) is 9.63. The Balaban J connectivity index is 2.32. The molecule has 0 atom stereocenters. The molecule has 0 spiro atoms. The number of aryl methyl sites for hydroxylation is 1. The van der Waals surface area contributed by atoms with Crippen molar-refractivity contribution in [1.29, 1.82) is 0 Å². The summed E-state index contributed by atoms with van der Waals surface area (Å²) >= 11 is 0. The average Bonchev–Trinajstić information content (AvgIpc) is 2.82. The van der Waals surface area contributed by atoms with Crippen LogP contribution in [0.1, 0.15) is 32.0 Å². The monoisotopic (exact) mass is 318 g/mol. The molecule has 1 aliphatic heterocycles. The molecule has 22 heavy (non-hydrogen) atoms. The number of hydrogen-bond acceptors (Lipinski definition) is 3. The number of fused-ring (bicyclic) bond motifs is 3. The molecule has 2 heterocycles. The van der Waals surface area contributed by atoms with E-state index in [4.69, 9.17) is 0 Å². The number of benzene rings is 1. The predicted octanol–water partition coefficient (Wildman–Crippen LogP) is 3.07. The van der Waals surface area contributed by atoms with Gasteiger partial charge in [0.15, 0.2) is 9.84 Å². The fourth-order valence-corrected chi connectivity index (χ4v) is 4.25. The Hall–Kier alpha value is -1.62. The molecule has 1 aromatic carbocycles.